The molecule has 0 atom stereocenters. The molecule has 0 saturated heterocycles. The van der Waals surface area contributed by atoms with Crippen LogP contribution in [0, 0.1) is 20.2 Å². The van der Waals surface area contributed by atoms with Crippen molar-refractivity contribution in [3.05, 3.63) is 68.3 Å². The molecule has 0 unspecified atom stereocenters. The van der Waals surface area contributed by atoms with Gasteiger partial charge < -0.3 is 5.11 Å². The van der Waals surface area contributed by atoms with Gasteiger partial charge in [0.15, 0.2) is 0 Å². The van der Waals surface area contributed by atoms with Gasteiger partial charge in [0.25, 0.3) is 11.4 Å². The Kier molecular flexibility index (Phi) is 5.30. The van der Waals surface area contributed by atoms with Gasteiger partial charge in [-0.05, 0) is 18.4 Å². The molecule has 0 fully saturated rings. The standard InChI is InChI=1S/C13H12N2O6/c1-2-4-9-7-10(14(18)19)8-12(15(20)21)11(9)5-3-6-13(16)17/h2-3,6-8H,1,4-5H2,(H,16,17)/b6-3+. The van der Waals surface area contributed by atoms with Gasteiger partial charge in [-0.2, -0.15) is 0 Å². The van der Waals surface area contributed by atoms with Gasteiger partial charge in [0.05, 0.1) is 15.9 Å². The van der Waals surface area contributed by atoms with Crippen molar-refractivity contribution in [1.82, 2.24) is 0 Å². The average Bonchev–Trinajstić information content (AvgIpc) is 2.39. The van der Waals surface area contributed by atoms with Crippen LogP contribution in [0.5, 0.6) is 0 Å². The molecule has 0 heterocycles. The summed E-state index contributed by atoms with van der Waals surface area (Å²) in [7, 11) is 0. The van der Waals surface area contributed by atoms with Crippen molar-refractivity contribution in [2.75, 3.05) is 0 Å². The highest BCUT2D eigenvalue weighted by Crippen LogP contribution is 2.30. The number of carboxylic acid groups (broad SMARTS) is 1. The summed E-state index contributed by atoms with van der Waals surface area (Å²) in [5.74, 6) is -1.18. The molecule has 0 saturated carbocycles. The van der Waals surface area contributed by atoms with E-state index in [0.717, 1.165) is 12.1 Å². The second-order valence-corrected chi connectivity index (χ2v) is 4.05. The number of nitro benzene ring substituents is 2. The molecule has 0 amide bonds. The van der Waals surface area contributed by atoms with Crippen molar-refractivity contribution in [2.45, 2.75) is 12.8 Å². The fourth-order valence-electron chi connectivity index (χ4n) is 1.82. The lowest BCUT2D eigenvalue weighted by Crippen LogP contribution is -2.02. The Morgan fingerprint density at radius 2 is 1.90 bits per heavy atom. The first-order valence-corrected chi connectivity index (χ1v) is 5.81. The zero-order valence-electron chi connectivity index (χ0n) is 10.9. The van der Waals surface area contributed by atoms with Gasteiger partial charge >= 0.3 is 5.97 Å². The van der Waals surface area contributed by atoms with E-state index in [9.17, 15) is 25.0 Å². The fourth-order valence-corrected chi connectivity index (χ4v) is 1.82. The predicted molar refractivity (Wildman–Crippen MR) is 74.1 cm³/mol. The summed E-state index contributed by atoms with van der Waals surface area (Å²) in [6, 6.07) is 2.11. The Balaban J connectivity index is 3.41. The zero-order valence-corrected chi connectivity index (χ0v) is 10.9. The average molecular weight is 292 g/mol. The van der Waals surface area contributed by atoms with Crippen LogP contribution in [-0.2, 0) is 17.6 Å². The first kappa shape index (κ1) is 16.0. The van der Waals surface area contributed by atoms with E-state index in [0.29, 0.717) is 5.56 Å². The van der Waals surface area contributed by atoms with Gasteiger partial charge in [0.1, 0.15) is 0 Å². The maximum atomic E-state index is 11.1. The molecule has 1 rings (SSSR count). The number of rotatable bonds is 7. The first-order chi connectivity index (χ1) is 9.86. The highest BCUT2D eigenvalue weighted by molar-refractivity contribution is 5.79. The van der Waals surface area contributed by atoms with E-state index < -0.39 is 21.5 Å². The third-order valence-corrected chi connectivity index (χ3v) is 2.66. The smallest absolute Gasteiger partial charge is 0.327 e. The van der Waals surface area contributed by atoms with Crippen molar-refractivity contribution in [3.63, 3.8) is 0 Å². The molecule has 0 aliphatic heterocycles. The minimum Gasteiger partial charge on any atom is -0.478 e. The molecule has 1 aromatic carbocycles. The molecular weight excluding hydrogens is 280 g/mol. The predicted octanol–water partition coefficient (Wildman–Crippen LogP) is 2.41. The van der Waals surface area contributed by atoms with E-state index in [-0.39, 0.29) is 24.1 Å². The van der Waals surface area contributed by atoms with Crippen LogP contribution in [0.25, 0.3) is 0 Å². The van der Waals surface area contributed by atoms with E-state index in [4.69, 9.17) is 5.11 Å². The number of carbonyl (C=O) groups is 1. The number of nitro groups is 2. The van der Waals surface area contributed by atoms with Gasteiger partial charge in [0.2, 0.25) is 0 Å². The Hall–Kier alpha value is -3.03. The fraction of sp³-hybridized carbons (Fsp3) is 0.154. The summed E-state index contributed by atoms with van der Waals surface area (Å²) < 4.78 is 0. The summed E-state index contributed by atoms with van der Waals surface area (Å²) in [6.45, 7) is 3.50. The van der Waals surface area contributed by atoms with Gasteiger partial charge in [-0.3, -0.25) is 20.2 Å². The number of benzene rings is 1. The van der Waals surface area contributed by atoms with E-state index in [1.165, 1.54) is 18.2 Å². The van der Waals surface area contributed by atoms with Crippen molar-refractivity contribution >= 4 is 17.3 Å². The monoisotopic (exact) mass is 292 g/mol. The van der Waals surface area contributed by atoms with E-state index >= 15 is 0 Å². The lowest BCUT2D eigenvalue weighted by molar-refractivity contribution is -0.394. The molecule has 1 N–H and O–H groups in total. The lowest BCUT2D eigenvalue weighted by atomic mass is 9.98. The zero-order chi connectivity index (χ0) is 16.0. The van der Waals surface area contributed by atoms with Crippen LogP contribution in [0.3, 0.4) is 0 Å². The Morgan fingerprint density at radius 3 is 2.38 bits per heavy atom. The van der Waals surface area contributed by atoms with Crippen LogP contribution in [0.2, 0.25) is 0 Å². The number of hydrogen-bond acceptors (Lipinski definition) is 5. The molecule has 110 valence electrons. The van der Waals surface area contributed by atoms with Crippen LogP contribution in [-0.4, -0.2) is 20.9 Å². The molecule has 8 nitrogen and oxygen atoms in total. The minimum atomic E-state index is -1.18. The molecule has 0 radical (unpaired) electrons. The van der Waals surface area contributed by atoms with Gasteiger partial charge in [0, 0.05) is 17.7 Å². The largest absolute Gasteiger partial charge is 0.478 e. The number of hydrogen-bond donors (Lipinski definition) is 1. The second kappa shape index (κ2) is 6.94. The number of non-ortho nitro benzene ring substituents is 1. The van der Waals surface area contributed by atoms with Gasteiger partial charge in [-0.15, -0.1) is 6.58 Å². The Morgan fingerprint density at radius 1 is 1.24 bits per heavy atom. The summed E-state index contributed by atoms with van der Waals surface area (Å²) >= 11 is 0. The van der Waals surface area contributed by atoms with Crippen LogP contribution >= 0.6 is 0 Å². The summed E-state index contributed by atoms with van der Waals surface area (Å²) in [4.78, 5) is 30.9. The summed E-state index contributed by atoms with van der Waals surface area (Å²) in [6.07, 6.45) is 3.78. The van der Waals surface area contributed by atoms with Crippen molar-refractivity contribution in [3.8, 4) is 0 Å². The van der Waals surface area contributed by atoms with Crippen molar-refractivity contribution < 1.29 is 19.7 Å². The maximum Gasteiger partial charge on any atom is 0.327 e. The molecule has 0 aromatic heterocycles. The highest BCUT2D eigenvalue weighted by Gasteiger charge is 2.22. The van der Waals surface area contributed by atoms with Crippen LogP contribution in [0.1, 0.15) is 11.1 Å². The van der Waals surface area contributed by atoms with Gasteiger partial charge in [-0.1, -0.05) is 12.2 Å². The van der Waals surface area contributed by atoms with Crippen LogP contribution in [0.15, 0.2) is 36.9 Å². The lowest BCUT2D eigenvalue weighted by Gasteiger charge is -2.07. The SMILES string of the molecule is C=CCc1cc([N+](=O)[O-])cc([N+](=O)[O-])c1C/C=C/C(=O)O. The highest BCUT2D eigenvalue weighted by atomic mass is 16.6. The van der Waals surface area contributed by atoms with Crippen LogP contribution < -0.4 is 0 Å². The first-order valence-electron chi connectivity index (χ1n) is 5.81. The van der Waals surface area contributed by atoms with Crippen molar-refractivity contribution in [2.24, 2.45) is 0 Å². The van der Waals surface area contributed by atoms with E-state index in [2.05, 4.69) is 6.58 Å². The third kappa shape index (κ3) is 4.23. The summed E-state index contributed by atoms with van der Waals surface area (Å²) in [5.41, 5.74) is -0.176. The van der Waals surface area contributed by atoms with E-state index in [1.54, 1.807) is 0 Å². The molecule has 21 heavy (non-hydrogen) atoms. The molecule has 0 bridgehead atoms. The number of nitrogens with zero attached hydrogens (tertiary/aromatic N) is 2. The Bertz CT molecular complexity index is 636. The molecule has 1 aromatic rings. The molecule has 0 spiro atoms. The van der Waals surface area contributed by atoms with E-state index in [1.807, 2.05) is 0 Å². The second-order valence-electron chi connectivity index (χ2n) is 4.05. The van der Waals surface area contributed by atoms with Crippen molar-refractivity contribution in [1.29, 1.82) is 0 Å². The molecule has 0 aliphatic carbocycles. The Labute approximate surface area is 119 Å². The number of carboxylic acids is 1. The topological polar surface area (TPSA) is 124 Å². The van der Waals surface area contributed by atoms with Gasteiger partial charge in [-0.25, -0.2) is 4.79 Å². The third-order valence-electron chi connectivity index (χ3n) is 2.66. The number of allylic oxidation sites excluding steroid dienone is 2. The minimum absolute atomic E-state index is 0.0101. The maximum absolute atomic E-state index is 11.1. The molecule has 8 heteroatoms. The van der Waals surface area contributed by atoms with Crippen LogP contribution in [0.4, 0.5) is 11.4 Å². The molecular formula is C13H12N2O6. The summed E-state index contributed by atoms with van der Waals surface area (Å²) in [5, 5.41) is 30.4. The normalized spacial score (nSPS) is 10.5. The number of aliphatic carboxylic acids is 1. The molecule has 0 aliphatic rings. The quantitative estimate of drug-likeness (QED) is 0.356.